The van der Waals surface area contributed by atoms with Gasteiger partial charge in [0.15, 0.2) is 0 Å². The van der Waals surface area contributed by atoms with Crippen molar-refractivity contribution < 1.29 is 4.74 Å². The van der Waals surface area contributed by atoms with Gasteiger partial charge in [-0.2, -0.15) is 5.10 Å². The van der Waals surface area contributed by atoms with Crippen molar-refractivity contribution in [3.05, 3.63) is 18.0 Å². The highest BCUT2D eigenvalue weighted by atomic mass is 16.5. The molecular formula is C11H22N4O. The van der Waals surface area contributed by atoms with Gasteiger partial charge >= 0.3 is 0 Å². The lowest BCUT2D eigenvalue weighted by atomic mass is 10.0. The van der Waals surface area contributed by atoms with Crippen molar-refractivity contribution in [2.45, 2.75) is 38.3 Å². The lowest BCUT2D eigenvalue weighted by Gasteiger charge is -2.19. The summed E-state index contributed by atoms with van der Waals surface area (Å²) in [5, 5.41) is 4.14. The maximum atomic E-state index is 5.53. The number of aromatic nitrogens is 2. The quantitative estimate of drug-likeness (QED) is 0.528. The number of methoxy groups -OCH3 is 1. The van der Waals surface area contributed by atoms with Gasteiger partial charge < -0.3 is 4.74 Å². The molecular weight excluding hydrogens is 204 g/mol. The Bertz CT molecular complexity index is 300. The average Bonchev–Trinajstić information content (AvgIpc) is 2.69. The molecule has 2 atom stereocenters. The molecule has 0 aromatic carbocycles. The van der Waals surface area contributed by atoms with Crippen LogP contribution in [0.5, 0.6) is 0 Å². The first-order chi connectivity index (χ1) is 7.67. The normalized spacial score (nSPS) is 15.0. The molecule has 1 heterocycles. The van der Waals surface area contributed by atoms with Gasteiger partial charge in [-0.1, -0.05) is 0 Å². The van der Waals surface area contributed by atoms with E-state index in [0.717, 1.165) is 19.3 Å². The average molecular weight is 226 g/mol. The van der Waals surface area contributed by atoms with Crippen molar-refractivity contribution in [1.29, 1.82) is 0 Å². The molecule has 0 radical (unpaired) electrons. The summed E-state index contributed by atoms with van der Waals surface area (Å²) in [5.41, 5.74) is 4.07. The third kappa shape index (κ3) is 3.92. The summed E-state index contributed by atoms with van der Waals surface area (Å²) in [7, 11) is 3.68. The fourth-order valence-electron chi connectivity index (χ4n) is 1.73. The third-order valence-corrected chi connectivity index (χ3v) is 2.93. The first-order valence-corrected chi connectivity index (χ1v) is 5.63. The Labute approximate surface area is 96.9 Å². The fourth-order valence-corrected chi connectivity index (χ4v) is 1.73. The summed E-state index contributed by atoms with van der Waals surface area (Å²) in [4.78, 5) is 0. The molecule has 0 aliphatic carbocycles. The molecule has 0 fully saturated rings. The lowest BCUT2D eigenvalue weighted by Crippen LogP contribution is -2.38. The smallest absolute Gasteiger partial charge is 0.0558 e. The van der Waals surface area contributed by atoms with Crippen LogP contribution in [0.25, 0.3) is 0 Å². The molecule has 5 heteroatoms. The molecule has 0 amide bonds. The number of hydrogen-bond donors (Lipinski definition) is 2. The minimum atomic E-state index is 0.229. The van der Waals surface area contributed by atoms with Gasteiger partial charge in [0.1, 0.15) is 0 Å². The first-order valence-electron chi connectivity index (χ1n) is 5.63. The van der Waals surface area contributed by atoms with Gasteiger partial charge in [-0.25, -0.2) is 0 Å². The van der Waals surface area contributed by atoms with Gasteiger partial charge in [-0.05, 0) is 32.3 Å². The van der Waals surface area contributed by atoms with E-state index >= 15 is 0 Å². The van der Waals surface area contributed by atoms with Crippen molar-refractivity contribution in [3.63, 3.8) is 0 Å². The Morgan fingerprint density at radius 3 is 2.88 bits per heavy atom. The fraction of sp³-hybridized carbons (Fsp3) is 0.727. The lowest BCUT2D eigenvalue weighted by molar-refractivity contribution is 0.0993. The topological polar surface area (TPSA) is 65.1 Å². The number of nitrogens with one attached hydrogen (secondary N) is 1. The predicted octanol–water partition coefficient (Wildman–Crippen LogP) is 0.610. The summed E-state index contributed by atoms with van der Waals surface area (Å²) in [6, 6.07) is 2.32. The van der Waals surface area contributed by atoms with Crippen LogP contribution in [-0.4, -0.2) is 29.0 Å². The molecule has 0 saturated carbocycles. The molecule has 0 bridgehead atoms. The molecule has 0 aliphatic heterocycles. The molecule has 0 aliphatic rings. The second-order valence-electron chi connectivity index (χ2n) is 4.13. The largest absolute Gasteiger partial charge is 0.382 e. The highest BCUT2D eigenvalue weighted by Gasteiger charge is 2.12. The van der Waals surface area contributed by atoms with E-state index in [1.165, 1.54) is 5.69 Å². The zero-order chi connectivity index (χ0) is 12.0. The van der Waals surface area contributed by atoms with E-state index in [9.17, 15) is 0 Å². The SMILES string of the molecule is COC(C)CC(CCc1ccnn1C)NN. The van der Waals surface area contributed by atoms with E-state index in [1.807, 2.05) is 24.0 Å². The zero-order valence-corrected chi connectivity index (χ0v) is 10.3. The highest BCUT2D eigenvalue weighted by molar-refractivity contribution is 5.00. The van der Waals surface area contributed by atoms with E-state index < -0.39 is 0 Å². The molecule has 0 spiro atoms. The molecule has 1 aromatic heterocycles. The van der Waals surface area contributed by atoms with Crippen LogP contribution in [0, 0.1) is 0 Å². The Morgan fingerprint density at radius 1 is 1.62 bits per heavy atom. The Balaban J connectivity index is 2.37. The van der Waals surface area contributed by atoms with Crippen molar-refractivity contribution in [2.75, 3.05) is 7.11 Å². The molecule has 2 unspecified atom stereocenters. The van der Waals surface area contributed by atoms with Crippen LogP contribution in [-0.2, 0) is 18.2 Å². The summed E-state index contributed by atoms with van der Waals surface area (Å²) >= 11 is 0. The van der Waals surface area contributed by atoms with Crippen molar-refractivity contribution >= 4 is 0 Å². The van der Waals surface area contributed by atoms with Gasteiger partial charge in [0.05, 0.1) is 6.10 Å². The maximum Gasteiger partial charge on any atom is 0.0558 e. The van der Waals surface area contributed by atoms with E-state index in [0.29, 0.717) is 0 Å². The predicted molar refractivity (Wildman–Crippen MR) is 63.7 cm³/mol. The number of aryl methyl sites for hydroxylation is 2. The van der Waals surface area contributed by atoms with E-state index in [2.05, 4.69) is 17.4 Å². The molecule has 5 nitrogen and oxygen atoms in total. The minimum absolute atomic E-state index is 0.229. The van der Waals surface area contributed by atoms with Gasteiger partial charge in [-0.3, -0.25) is 16.0 Å². The van der Waals surface area contributed by atoms with Crippen LogP contribution in [0.1, 0.15) is 25.5 Å². The minimum Gasteiger partial charge on any atom is -0.382 e. The molecule has 1 rings (SSSR count). The monoisotopic (exact) mass is 226 g/mol. The Hall–Kier alpha value is -0.910. The van der Waals surface area contributed by atoms with Gasteiger partial charge in [0, 0.05) is 32.1 Å². The van der Waals surface area contributed by atoms with E-state index in [4.69, 9.17) is 10.6 Å². The van der Waals surface area contributed by atoms with E-state index in [-0.39, 0.29) is 12.1 Å². The first kappa shape index (κ1) is 13.2. The van der Waals surface area contributed by atoms with Crippen LogP contribution in [0.4, 0.5) is 0 Å². The summed E-state index contributed by atoms with van der Waals surface area (Å²) in [5.74, 6) is 5.53. The molecule has 92 valence electrons. The molecule has 0 saturated heterocycles. The summed E-state index contributed by atoms with van der Waals surface area (Å²) in [6.07, 6.45) is 4.93. The number of ether oxygens (including phenoxy) is 1. The van der Waals surface area contributed by atoms with Crippen LogP contribution in [0.15, 0.2) is 12.3 Å². The Morgan fingerprint density at radius 2 is 2.38 bits per heavy atom. The maximum absolute atomic E-state index is 5.53. The summed E-state index contributed by atoms with van der Waals surface area (Å²) in [6.45, 7) is 2.05. The number of rotatable bonds is 7. The third-order valence-electron chi connectivity index (χ3n) is 2.93. The van der Waals surface area contributed by atoms with Crippen molar-refractivity contribution in [1.82, 2.24) is 15.2 Å². The number of nitrogens with two attached hydrogens (primary N) is 1. The van der Waals surface area contributed by atoms with Crippen molar-refractivity contribution in [2.24, 2.45) is 12.9 Å². The van der Waals surface area contributed by atoms with Crippen LogP contribution < -0.4 is 11.3 Å². The number of hydrogen-bond acceptors (Lipinski definition) is 4. The van der Waals surface area contributed by atoms with Crippen LogP contribution in [0.3, 0.4) is 0 Å². The van der Waals surface area contributed by atoms with Crippen LogP contribution >= 0.6 is 0 Å². The van der Waals surface area contributed by atoms with Crippen LogP contribution in [0.2, 0.25) is 0 Å². The van der Waals surface area contributed by atoms with Crippen molar-refractivity contribution in [3.8, 4) is 0 Å². The van der Waals surface area contributed by atoms with Gasteiger partial charge in [0.2, 0.25) is 0 Å². The number of nitrogens with zero attached hydrogens (tertiary/aromatic N) is 2. The zero-order valence-electron chi connectivity index (χ0n) is 10.3. The molecule has 1 aromatic rings. The van der Waals surface area contributed by atoms with Gasteiger partial charge in [-0.15, -0.1) is 0 Å². The Kier molecular flexibility index (Phi) is 5.45. The summed E-state index contributed by atoms with van der Waals surface area (Å²) < 4.78 is 7.13. The highest BCUT2D eigenvalue weighted by Crippen LogP contribution is 2.09. The molecule has 16 heavy (non-hydrogen) atoms. The standard InChI is InChI=1S/C11H22N4O/c1-9(16-3)8-10(14-12)4-5-11-6-7-13-15(11)2/h6-7,9-10,14H,4-5,8,12H2,1-3H3. The number of hydrazine groups is 1. The van der Waals surface area contributed by atoms with E-state index in [1.54, 1.807) is 7.11 Å². The second kappa shape index (κ2) is 6.62. The second-order valence-corrected chi connectivity index (χ2v) is 4.13. The van der Waals surface area contributed by atoms with Gasteiger partial charge in [0.25, 0.3) is 0 Å². The molecule has 3 N–H and O–H groups in total.